The maximum absolute atomic E-state index is 11.7. The van der Waals surface area contributed by atoms with Crippen molar-refractivity contribution >= 4 is 5.78 Å². The molecular formula is C12H17NO2. The lowest BCUT2D eigenvalue weighted by atomic mass is 10.1. The highest BCUT2D eigenvalue weighted by Gasteiger charge is 2.06. The van der Waals surface area contributed by atoms with Crippen LogP contribution in [0.1, 0.15) is 22.8 Å². The van der Waals surface area contributed by atoms with E-state index in [1.807, 2.05) is 26.0 Å². The molecule has 0 radical (unpaired) electrons. The van der Waals surface area contributed by atoms with Crippen LogP contribution in [0.4, 0.5) is 0 Å². The molecule has 3 nitrogen and oxygen atoms in total. The van der Waals surface area contributed by atoms with E-state index in [0.29, 0.717) is 6.54 Å². The van der Waals surface area contributed by atoms with E-state index in [-0.39, 0.29) is 5.78 Å². The minimum Gasteiger partial charge on any atom is -0.496 e. The van der Waals surface area contributed by atoms with Crippen LogP contribution in [0.3, 0.4) is 0 Å². The molecule has 15 heavy (non-hydrogen) atoms. The number of benzene rings is 1. The molecule has 0 aliphatic rings. The minimum atomic E-state index is 0.114. The Morgan fingerprint density at radius 2 is 2.20 bits per heavy atom. The quantitative estimate of drug-likeness (QED) is 0.748. The zero-order valence-electron chi connectivity index (χ0n) is 9.46. The molecule has 1 N–H and O–H groups in total. The molecular weight excluding hydrogens is 190 g/mol. The van der Waals surface area contributed by atoms with Crippen molar-refractivity contribution in [3.63, 3.8) is 0 Å². The van der Waals surface area contributed by atoms with Crippen molar-refractivity contribution < 1.29 is 9.53 Å². The lowest BCUT2D eigenvalue weighted by Crippen LogP contribution is -2.22. The first-order valence-corrected chi connectivity index (χ1v) is 5.07. The molecule has 0 saturated heterocycles. The van der Waals surface area contributed by atoms with Gasteiger partial charge < -0.3 is 10.1 Å². The lowest BCUT2D eigenvalue weighted by molar-refractivity contribution is 0.0991. The highest BCUT2D eigenvalue weighted by molar-refractivity contribution is 5.97. The Kier molecular flexibility index (Phi) is 4.31. The van der Waals surface area contributed by atoms with E-state index in [4.69, 9.17) is 4.74 Å². The summed E-state index contributed by atoms with van der Waals surface area (Å²) in [5.74, 6) is 0.928. The number of carbonyl (C=O) groups excluding carboxylic acids is 1. The third-order valence-corrected chi connectivity index (χ3v) is 2.25. The fourth-order valence-corrected chi connectivity index (χ4v) is 1.39. The van der Waals surface area contributed by atoms with Gasteiger partial charge in [-0.3, -0.25) is 4.79 Å². The number of ether oxygens (including phenoxy) is 1. The second kappa shape index (κ2) is 5.51. The number of aryl methyl sites for hydroxylation is 1. The summed E-state index contributed by atoms with van der Waals surface area (Å²) in [6.45, 7) is 5.11. The highest BCUT2D eigenvalue weighted by Crippen LogP contribution is 2.18. The molecule has 0 bridgehead atoms. The van der Waals surface area contributed by atoms with Gasteiger partial charge in [-0.2, -0.15) is 0 Å². The highest BCUT2D eigenvalue weighted by atomic mass is 16.5. The molecule has 1 aromatic rings. The molecule has 3 heteroatoms. The molecule has 0 saturated carbocycles. The van der Waals surface area contributed by atoms with Gasteiger partial charge in [-0.25, -0.2) is 0 Å². The SMILES string of the molecule is CCNCC(=O)c1ccc(OC)c(C)c1. The number of nitrogens with one attached hydrogen (secondary N) is 1. The van der Waals surface area contributed by atoms with Crippen LogP contribution in [0.25, 0.3) is 0 Å². The molecule has 0 aliphatic heterocycles. The van der Waals surface area contributed by atoms with E-state index in [2.05, 4.69) is 5.32 Å². The summed E-state index contributed by atoms with van der Waals surface area (Å²) in [4.78, 5) is 11.7. The van der Waals surface area contributed by atoms with Crippen LogP contribution < -0.4 is 10.1 Å². The smallest absolute Gasteiger partial charge is 0.176 e. The Morgan fingerprint density at radius 1 is 1.47 bits per heavy atom. The monoisotopic (exact) mass is 207 g/mol. The van der Waals surface area contributed by atoms with Gasteiger partial charge in [0, 0.05) is 5.56 Å². The van der Waals surface area contributed by atoms with Gasteiger partial charge in [0.1, 0.15) is 5.75 Å². The molecule has 0 aliphatic carbocycles. The molecule has 82 valence electrons. The Balaban J connectivity index is 2.78. The van der Waals surface area contributed by atoms with E-state index >= 15 is 0 Å². The topological polar surface area (TPSA) is 38.3 Å². The van der Waals surface area contributed by atoms with Gasteiger partial charge in [0.25, 0.3) is 0 Å². The Bertz CT molecular complexity index is 347. The maximum Gasteiger partial charge on any atom is 0.176 e. The number of hydrogen-bond donors (Lipinski definition) is 1. The number of likely N-dealkylation sites (N-methyl/N-ethyl adjacent to an activating group) is 1. The van der Waals surface area contributed by atoms with Crippen LogP contribution in [0.5, 0.6) is 5.75 Å². The predicted octanol–water partition coefficient (Wildman–Crippen LogP) is 1.80. The van der Waals surface area contributed by atoms with E-state index < -0.39 is 0 Å². The molecule has 0 atom stereocenters. The molecule has 0 aromatic heterocycles. The number of Topliss-reactive ketones (excluding diaryl/α,β-unsaturated/α-hetero) is 1. The Labute approximate surface area is 90.4 Å². The predicted molar refractivity (Wildman–Crippen MR) is 60.6 cm³/mol. The van der Waals surface area contributed by atoms with Crippen molar-refractivity contribution in [3.05, 3.63) is 29.3 Å². The minimum absolute atomic E-state index is 0.114. The summed E-state index contributed by atoms with van der Waals surface area (Å²) in [6, 6.07) is 5.48. The fourth-order valence-electron chi connectivity index (χ4n) is 1.39. The van der Waals surface area contributed by atoms with Gasteiger partial charge in [-0.1, -0.05) is 6.92 Å². The van der Waals surface area contributed by atoms with E-state index in [1.54, 1.807) is 13.2 Å². The van der Waals surface area contributed by atoms with Crippen LogP contribution in [-0.4, -0.2) is 26.0 Å². The number of methoxy groups -OCH3 is 1. The van der Waals surface area contributed by atoms with Crippen molar-refractivity contribution in [3.8, 4) is 5.75 Å². The molecule has 0 fully saturated rings. The normalized spacial score (nSPS) is 10.1. The molecule has 0 spiro atoms. The van der Waals surface area contributed by atoms with Gasteiger partial charge >= 0.3 is 0 Å². The van der Waals surface area contributed by atoms with Gasteiger partial charge in [-0.15, -0.1) is 0 Å². The zero-order valence-corrected chi connectivity index (χ0v) is 9.46. The summed E-state index contributed by atoms with van der Waals surface area (Å²) < 4.78 is 5.13. The van der Waals surface area contributed by atoms with E-state index in [1.165, 1.54) is 0 Å². The zero-order chi connectivity index (χ0) is 11.3. The van der Waals surface area contributed by atoms with Crippen LogP contribution in [0, 0.1) is 6.92 Å². The first kappa shape index (κ1) is 11.7. The van der Waals surface area contributed by atoms with Crippen LogP contribution in [-0.2, 0) is 0 Å². The summed E-state index contributed by atoms with van der Waals surface area (Å²) >= 11 is 0. The molecule has 0 amide bonds. The number of carbonyl (C=O) groups is 1. The maximum atomic E-state index is 11.7. The number of ketones is 1. The van der Waals surface area contributed by atoms with Crippen molar-refractivity contribution in [2.45, 2.75) is 13.8 Å². The van der Waals surface area contributed by atoms with E-state index in [0.717, 1.165) is 23.4 Å². The standard InChI is InChI=1S/C12H17NO2/c1-4-13-8-11(14)10-5-6-12(15-3)9(2)7-10/h5-7,13H,4,8H2,1-3H3. The number of rotatable bonds is 5. The third-order valence-electron chi connectivity index (χ3n) is 2.25. The lowest BCUT2D eigenvalue weighted by Gasteiger charge is -2.06. The molecule has 0 unspecified atom stereocenters. The molecule has 1 aromatic carbocycles. The van der Waals surface area contributed by atoms with Crippen LogP contribution in [0.2, 0.25) is 0 Å². The van der Waals surface area contributed by atoms with Gasteiger partial charge in [0.15, 0.2) is 5.78 Å². The Hall–Kier alpha value is -1.35. The van der Waals surface area contributed by atoms with Crippen molar-refractivity contribution in [1.82, 2.24) is 5.32 Å². The largest absolute Gasteiger partial charge is 0.496 e. The average molecular weight is 207 g/mol. The van der Waals surface area contributed by atoms with Crippen molar-refractivity contribution in [2.24, 2.45) is 0 Å². The first-order valence-electron chi connectivity index (χ1n) is 5.07. The molecule has 0 heterocycles. The number of hydrogen-bond acceptors (Lipinski definition) is 3. The summed E-state index contributed by atoms with van der Waals surface area (Å²) in [6.07, 6.45) is 0. The van der Waals surface area contributed by atoms with Gasteiger partial charge in [-0.05, 0) is 37.2 Å². The molecule has 1 rings (SSSR count). The summed E-state index contributed by atoms with van der Waals surface area (Å²) in [5, 5.41) is 3.01. The third kappa shape index (κ3) is 3.06. The van der Waals surface area contributed by atoms with Crippen LogP contribution >= 0.6 is 0 Å². The second-order valence-electron chi connectivity index (χ2n) is 3.39. The summed E-state index contributed by atoms with van der Waals surface area (Å²) in [7, 11) is 1.63. The summed E-state index contributed by atoms with van der Waals surface area (Å²) in [5.41, 5.74) is 1.72. The van der Waals surface area contributed by atoms with Crippen LogP contribution in [0.15, 0.2) is 18.2 Å². The van der Waals surface area contributed by atoms with Gasteiger partial charge in [0.05, 0.1) is 13.7 Å². The Morgan fingerprint density at radius 3 is 2.73 bits per heavy atom. The fraction of sp³-hybridized carbons (Fsp3) is 0.417. The first-order chi connectivity index (χ1) is 7.19. The second-order valence-corrected chi connectivity index (χ2v) is 3.39. The van der Waals surface area contributed by atoms with Crippen molar-refractivity contribution in [1.29, 1.82) is 0 Å². The van der Waals surface area contributed by atoms with Gasteiger partial charge in [0.2, 0.25) is 0 Å². The average Bonchev–Trinajstić information content (AvgIpc) is 2.25. The van der Waals surface area contributed by atoms with Crippen molar-refractivity contribution in [2.75, 3.05) is 20.2 Å². The van der Waals surface area contributed by atoms with E-state index in [9.17, 15) is 4.79 Å².